The molecule has 4 heteroatoms. The highest BCUT2D eigenvalue weighted by Gasteiger charge is 2.04. The molecule has 1 aromatic heterocycles. The predicted octanol–water partition coefficient (Wildman–Crippen LogP) is 3.82. The van der Waals surface area contributed by atoms with Gasteiger partial charge in [0.25, 0.3) is 0 Å². The maximum Gasteiger partial charge on any atom is 0.183 e. The van der Waals surface area contributed by atoms with Gasteiger partial charge in [0.2, 0.25) is 0 Å². The van der Waals surface area contributed by atoms with E-state index in [1.807, 2.05) is 5.38 Å². The minimum absolute atomic E-state index is 0.921. The first-order valence-corrected chi connectivity index (χ1v) is 6.54. The first kappa shape index (κ1) is 10.2. The second-order valence-electron chi connectivity index (χ2n) is 3.41. The van der Waals surface area contributed by atoms with Gasteiger partial charge in [-0.05, 0) is 41.6 Å². The predicted molar refractivity (Wildman–Crippen MR) is 64.9 cm³/mol. The lowest BCUT2D eigenvalue weighted by Crippen LogP contribution is -2.01. The molecule has 14 heavy (non-hydrogen) atoms. The fourth-order valence-electron chi connectivity index (χ4n) is 1.63. The van der Waals surface area contributed by atoms with E-state index in [0.29, 0.717) is 0 Å². The van der Waals surface area contributed by atoms with Gasteiger partial charge in [-0.3, -0.25) is 0 Å². The van der Waals surface area contributed by atoms with Crippen LogP contribution in [0.4, 0.5) is 5.13 Å². The molecule has 0 unspecified atom stereocenters. The Morgan fingerprint density at radius 1 is 1.57 bits per heavy atom. The van der Waals surface area contributed by atoms with Crippen molar-refractivity contribution in [3.63, 3.8) is 0 Å². The Bertz CT molecular complexity index is 333. The molecule has 0 amide bonds. The number of aromatic nitrogens is 1. The first-order chi connectivity index (χ1) is 6.84. The highest BCUT2D eigenvalue weighted by atomic mass is 79.9. The van der Waals surface area contributed by atoms with Crippen LogP contribution in [0.25, 0.3) is 0 Å². The summed E-state index contributed by atoms with van der Waals surface area (Å²) >= 11 is 4.98. The minimum atomic E-state index is 0.921. The number of allylic oxidation sites excluding steroid dienone is 1. The van der Waals surface area contributed by atoms with Crippen molar-refractivity contribution >= 4 is 32.4 Å². The molecule has 1 aliphatic rings. The fraction of sp³-hybridized carbons (Fsp3) is 0.500. The largest absolute Gasteiger partial charge is 0.361 e. The van der Waals surface area contributed by atoms with Crippen molar-refractivity contribution in [3.05, 3.63) is 21.6 Å². The number of thiazole rings is 1. The number of nitrogens with one attached hydrogen (secondary N) is 1. The maximum atomic E-state index is 4.28. The Hall–Kier alpha value is -0.350. The third-order valence-corrected chi connectivity index (χ3v) is 3.84. The van der Waals surface area contributed by atoms with Gasteiger partial charge < -0.3 is 5.32 Å². The second kappa shape index (κ2) is 4.94. The van der Waals surface area contributed by atoms with Crippen molar-refractivity contribution in [3.8, 4) is 0 Å². The molecular weight excluding hydrogens is 260 g/mol. The van der Waals surface area contributed by atoms with E-state index in [4.69, 9.17) is 0 Å². The van der Waals surface area contributed by atoms with E-state index in [1.165, 1.54) is 19.3 Å². The van der Waals surface area contributed by atoms with E-state index < -0.39 is 0 Å². The number of hydrogen-bond acceptors (Lipinski definition) is 3. The lowest BCUT2D eigenvalue weighted by atomic mass is 10.2. The molecule has 2 rings (SSSR count). The summed E-state index contributed by atoms with van der Waals surface area (Å²) in [5, 5.41) is 6.34. The maximum absolute atomic E-state index is 4.28. The molecule has 0 fully saturated rings. The monoisotopic (exact) mass is 272 g/mol. The SMILES string of the molecule is Brc1csc(NCCC2=CCCC2)n1. The van der Waals surface area contributed by atoms with Crippen molar-refractivity contribution in [1.29, 1.82) is 0 Å². The van der Waals surface area contributed by atoms with Crippen LogP contribution in [0.2, 0.25) is 0 Å². The van der Waals surface area contributed by atoms with Gasteiger partial charge in [-0.2, -0.15) is 0 Å². The second-order valence-corrected chi connectivity index (χ2v) is 5.08. The summed E-state index contributed by atoms with van der Waals surface area (Å²) in [6.45, 7) is 1.01. The Morgan fingerprint density at radius 3 is 3.14 bits per heavy atom. The summed E-state index contributed by atoms with van der Waals surface area (Å²) in [4.78, 5) is 4.28. The van der Waals surface area contributed by atoms with Crippen LogP contribution in [-0.2, 0) is 0 Å². The third-order valence-electron chi connectivity index (χ3n) is 2.33. The normalized spacial score (nSPS) is 15.6. The van der Waals surface area contributed by atoms with E-state index in [-0.39, 0.29) is 0 Å². The molecule has 1 heterocycles. The first-order valence-electron chi connectivity index (χ1n) is 4.87. The van der Waals surface area contributed by atoms with Gasteiger partial charge in [-0.15, -0.1) is 11.3 Å². The molecule has 0 aliphatic heterocycles. The molecule has 0 atom stereocenters. The van der Waals surface area contributed by atoms with Gasteiger partial charge in [0.15, 0.2) is 5.13 Å². The van der Waals surface area contributed by atoms with Crippen LogP contribution < -0.4 is 5.32 Å². The zero-order chi connectivity index (χ0) is 9.80. The van der Waals surface area contributed by atoms with Crippen LogP contribution in [0, 0.1) is 0 Å². The van der Waals surface area contributed by atoms with Gasteiger partial charge in [-0.25, -0.2) is 4.98 Å². The third kappa shape index (κ3) is 2.82. The molecular formula is C10H13BrN2S. The van der Waals surface area contributed by atoms with E-state index in [1.54, 1.807) is 16.9 Å². The molecule has 1 aromatic rings. The highest BCUT2D eigenvalue weighted by molar-refractivity contribution is 9.10. The smallest absolute Gasteiger partial charge is 0.183 e. The van der Waals surface area contributed by atoms with Gasteiger partial charge in [-0.1, -0.05) is 11.6 Å². The number of anilines is 1. The number of nitrogens with zero attached hydrogens (tertiary/aromatic N) is 1. The van der Waals surface area contributed by atoms with Gasteiger partial charge in [0, 0.05) is 11.9 Å². The lowest BCUT2D eigenvalue weighted by molar-refractivity contribution is 0.863. The average molecular weight is 273 g/mol. The molecule has 0 saturated carbocycles. The number of rotatable bonds is 4. The average Bonchev–Trinajstić information content (AvgIpc) is 2.77. The summed E-state index contributed by atoms with van der Waals surface area (Å²) in [5.74, 6) is 0. The topological polar surface area (TPSA) is 24.9 Å². The van der Waals surface area contributed by atoms with Crippen LogP contribution in [0.3, 0.4) is 0 Å². The molecule has 1 aliphatic carbocycles. The van der Waals surface area contributed by atoms with Crippen molar-refractivity contribution in [1.82, 2.24) is 4.98 Å². The van der Waals surface area contributed by atoms with Crippen LogP contribution in [0.15, 0.2) is 21.6 Å². The molecule has 0 bridgehead atoms. The minimum Gasteiger partial charge on any atom is -0.361 e. The van der Waals surface area contributed by atoms with Crippen LogP contribution in [0.1, 0.15) is 25.7 Å². The van der Waals surface area contributed by atoms with Crippen LogP contribution in [0.5, 0.6) is 0 Å². The summed E-state index contributed by atoms with van der Waals surface area (Å²) < 4.78 is 0.921. The quantitative estimate of drug-likeness (QED) is 0.843. The summed E-state index contributed by atoms with van der Waals surface area (Å²) in [6.07, 6.45) is 7.45. The summed E-state index contributed by atoms with van der Waals surface area (Å²) in [5.41, 5.74) is 1.60. The van der Waals surface area contributed by atoms with Crippen molar-refractivity contribution in [2.24, 2.45) is 0 Å². The van der Waals surface area contributed by atoms with Gasteiger partial charge in [0.1, 0.15) is 4.60 Å². The summed E-state index contributed by atoms with van der Waals surface area (Å²) in [6, 6.07) is 0. The molecule has 0 radical (unpaired) electrons. The fourth-order valence-corrected chi connectivity index (χ4v) is 2.80. The van der Waals surface area contributed by atoms with Crippen molar-refractivity contribution in [2.75, 3.05) is 11.9 Å². The van der Waals surface area contributed by atoms with Crippen LogP contribution >= 0.6 is 27.3 Å². The van der Waals surface area contributed by atoms with Crippen molar-refractivity contribution in [2.45, 2.75) is 25.7 Å². The van der Waals surface area contributed by atoms with Gasteiger partial charge in [0.05, 0.1) is 0 Å². The summed E-state index contributed by atoms with van der Waals surface area (Å²) in [7, 11) is 0. The standard InChI is InChI=1S/C10H13BrN2S/c11-9-7-14-10(13-9)12-6-5-8-3-1-2-4-8/h3,7H,1-2,4-6H2,(H,12,13). The zero-order valence-electron chi connectivity index (χ0n) is 7.92. The van der Waals surface area contributed by atoms with Crippen LogP contribution in [-0.4, -0.2) is 11.5 Å². The molecule has 1 N–H and O–H groups in total. The molecule has 0 spiro atoms. The number of halogens is 1. The van der Waals surface area contributed by atoms with E-state index >= 15 is 0 Å². The Morgan fingerprint density at radius 2 is 2.50 bits per heavy atom. The van der Waals surface area contributed by atoms with Gasteiger partial charge >= 0.3 is 0 Å². The molecule has 76 valence electrons. The lowest BCUT2D eigenvalue weighted by Gasteiger charge is -2.02. The Balaban J connectivity index is 1.72. The zero-order valence-corrected chi connectivity index (χ0v) is 10.3. The Labute approximate surface area is 96.6 Å². The van der Waals surface area contributed by atoms with E-state index in [9.17, 15) is 0 Å². The molecule has 0 aromatic carbocycles. The Kier molecular flexibility index (Phi) is 3.59. The molecule has 2 nitrogen and oxygen atoms in total. The highest BCUT2D eigenvalue weighted by Crippen LogP contribution is 2.22. The molecule has 0 saturated heterocycles. The van der Waals surface area contributed by atoms with E-state index in [2.05, 4.69) is 32.3 Å². The van der Waals surface area contributed by atoms with E-state index in [0.717, 1.165) is 22.7 Å². The number of hydrogen-bond donors (Lipinski definition) is 1. The van der Waals surface area contributed by atoms with Crippen molar-refractivity contribution < 1.29 is 0 Å².